The molecule has 5 heterocycles. The van der Waals surface area contributed by atoms with Crippen molar-refractivity contribution >= 4 is 33.1 Å². The summed E-state index contributed by atoms with van der Waals surface area (Å²) in [4.78, 5) is 27.8. The molecule has 0 unspecified atom stereocenters. The summed E-state index contributed by atoms with van der Waals surface area (Å²) in [6.07, 6.45) is 1.19. The maximum absolute atomic E-state index is 12.8. The van der Waals surface area contributed by atoms with Crippen molar-refractivity contribution in [1.29, 1.82) is 5.26 Å². The molecule has 0 bridgehead atoms. The topological polar surface area (TPSA) is 95.3 Å². The first kappa shape index (κ1) is 22.5. The maximum Gasteiger partial charge on any atom is 0.255 e. The van der Waals surface area contributed by atoms with Crippen molar-refractivity contribution in [2.24, 2.45) is 7.05 Å². The molecule has 0 spiro atoms. The highest BCUT2D eigenvalue weighted by molar-refractivity contribution is 7.16. The number of anilines is 1. The number of aryl methyl sites for hydroxylation is 1. The molecular formula is C24H28N8OS. The van der Waals surface area contributed by atoms with Gasteiger partial charge in [-0.05, 0) is 32.4 Å². The molecule has 4 aromatic heterocycles. The van der Waals surface area contributed by atoms with Gasteiger partial charge in [0.15, 0.2) is 0 Å². The van der Waals surface area contributed by atoms with Gasteiger partial charge in [0.2, 0.25) is 0 Å². The van der Waals surface area contributed by atoms with Gasteiger partial charge in [-0.25, -0.2) is 14.5 Å². The Balaban J connectivity index is 1.48. The molecule has 5 rings (SSSR count). The van der Waals surface area contributed by atoms with E-state index in [-0.39, 0.29) is 24.1 Å². The summed E-state index contributed by atoms with van der Waals surface area (Å²) in [6, 6.07) is 10.4. The molecule has 0 saturated carbocycles. The molecular weight excluding hydrogens is 448 g/mol. The minimum atomic E-state index is -0.0796. The summed E-state index contributed by atoms with van der Waals surface area (Å²) in [5.41, 5.74) is 5.12. The Morgan fingerprint density at radius 2 is 2.12 bits per heavy atom. The summed E-state index contributed by atoms with van der Waals surface area (Å²) in [7, 11) is 1.74. The van der Waals surface area contributed by atoms with E-state index in [1.54, 1.807) is 29.0 Å². The Kier molecular flexibility index (Phi) is 5.83. The second kappa shape index (κ2) is 8.81. The molecule has 3 atom stereocenters. The van der Waals surface area contributed by atoms with Crippen LogP contribution in [0.1, 0.15) is 44.6 Å². The number of thiazole rings is 1. The lowest BCUT2D eigenvalue weighted by atomic mass is 10.0. The lowest BCUT2D eigenvalue weighted by Gasteiger charge is -2.48. The molecule has 10 heteroatoms. The molecule has 0 amide bonds. The highest BCUT2D eigenvalue weighted by Crippen LogP contribution is 2.31. The van der Waals surface area contributed by atoms with Crippen molar-refractivity contribution in [3.63, 3.8) is 0 Å². The van der Waals surface area contributed by atoms with Gasteiger partial charge in [-0.15, -0.1) is 11.3 Å². The number of nitrogens with zero attached hydrogens (tertiary/aromatic N) is 8. The molecule has 0 N–H and O–H groups in total. The SMILES string of the molecule is CC[C@@H]1CN(c2cc(=O)n(C)c3cc(CC#N)nn23)[C@@H](C)CN1[C@H](C)c1ccc2ncsc2n1. The van der Waals surface area contributed by atoms with Gasteiger partial charge in [-0.2, -0.15) is 10.4 Å². The van der Waals surface area contributed by atoms with Gasteiger partial charge in [-0.3, -0.25) is 14.3 Å². The average molecular weight is 477 g/mol. The van der Waals surface area contributed by atoms with Gasteiger partial charge in [0, 0.05) is 50.4 Å². The normalized spacial score (nSPS) is 20.1. The predicted octanol–water partition coefficient (Wildman–Crippen LogP) is 3.15. The van der Waals surface area contributed by atoms with E-state index in [1.165, 1.54) is 0 Å². The van der Waals surface area contributed by atoms with Crippen LogP contribution in [-0.2, 0) is 13.5 Å². The highest BCUT2D eigenvalue weighted by atomic mass is 32.1. The van der Waals surface area contributed by atoms with Crippen LogP contribution in [0.2, 0.25) is 0 Å². The van der Waals surface area contributed by atoms with Crippen LogP contribution >= 0.6 is 11.3 Å². The predicted molar refractivity (Wildman–Crippen MR) is 133 cm³/mol. The molecule has 34 heavy (non-hydrogen) atoms. The molecule has 1 aliphatic rings. The van der Waals surface area contributed by atoms with Crippen molar-refractivity contribution in [3.8, 4) is 6.07 Å². The number of aromatic nitrogens is 5. The largest absolute Gasteiger partial charge is 0.351 e. The summed E-state index contributed by atoms with van der Waals surface area (Å²) in [5.74, 6) is 0.782. The third-order valence-corrected chi connectivity index (χ3v) is 7.67. The van der Waals surface area contributed by atoms with E-state index < -0.39 is 0 Å². The minimum absolute atomic E-state index is 0.0796. The monoisotopic (exact) mass is 476 g/mol. The first-order valence-electron chi connectivity index (χ1n) is 11.6. The van der Waals surface area contributed by atoms with Crippen LogP contribution in [0.15, 0.2) is 34.6 Å². The van der Waals surface area contributed by atoms with Crippen LogP contribution in [0.5, 0.6) is 0 Å². The first-order chi connectivity index (χ1) is 16.4. The lowest BCUT2D eigenvalue weighted by Crippen LogP contribution is -2.58. The van der Waals surface area contributed by atoms with E-state index in [0.717, 1.165) is 41.4 Å². The first-order valence-corrected chi connectivity index (χ1v) is 12.5. The minimum Gasteiger partial charge on any atom is -0.351 e. The van der Waals surface area contributed by atoms with Crippen molar-refractivity contribution in [3.05, 3.63) is 51.5 Å². The third kappa shape index (κ3) is 3.75. The number of fused-ring (bicyclic) bond motifs is 2. The van der Waals surface area contributed by atoms with Crippen molar-refractivity contribution in [2.45, 2.75) is 51.7 Å². The molecule has 4 aromatic rings. The van der Waals surface area contributed by atoms with Crippen LogP contribution in [0.4, 0.5) is 5.82 Å². The third-order valence-electron chi connectivity index (χ3n) is 6.94. The van der Waals surface area contributed by atoms with E-state index in [4.69, 9.17) is 10.2 Å². The van der Waals surface area contributed by atoms with Crippen LogP contribution in [0, 0.1) is 11.3 Å². The fourth-order valence-electron chi connectivity index (χ4n) is 4.97. The quantitative estimate of drug-likeness (QED) is 0.437. The van der Waals surface area contributed by atoms with Gasteiger partial charge < -0.3 is 4.90 Å². The van der Waals surface area contributed by atoms with Crippen molar-refractivity contribution in [1.82, 2.24) is 29.0 Å². The zero-order valence-electron chi connectivity index (χ0n) is 19.8. The van der Waals surface area contributed by atoms with Gasteiger partial charge >= 0.3 is 0 Å². The molecule has 0 aliphatic carbocycles. The molecule has 1 fully saturated rings. The standard InChI is InChI=1S/C24H28N8OS/c1-5-18-13-30(22-11-23(33)29(4)21-10-17(8-9-25)28-32(21)22)15(2)12-31(18)16(3)19-6-7-20-24(27-19)34-14-26-20/h6-7,10-11,14-16,18H,5,8,12-13H2,1-4H3/t15-,16+,18+/m0/s1. The van der Waals surface area contributed by atoms with Crippen molar-refractivity contribution < 1.29 is 0 Å². The number of rotatable bonds is 5. The smallest absolute Gasteiger partial charge is 0.255 e. The number of hydrogen-bond donors (Lipinski definition) is 0. The lowest BCUT2D eigenvalue weighted by molar-refractivity contribution is 0.103. The Labute approximate surface area is 201 Å². The van der Waals surface area contributed by atoms with Crippen molar-refractivity contribution in [2.75, 3.05) is 18.0 Å². The van der Waals surface area contributed by atoms with E-state index >= 15 is 0 Å². The Hall–Kier alpha value is -3.29. The molecule has 9 nitrogen and oxygen atoms in total. The summed E-state index contributed by atoms with van der Waals surface area (Å²) in [5, 5.41) is 13.8. The summed E-state index contributed by atoms with van der Waals surface area (Å²) >= 11 is 1.57. The fraction of sp³-hybridized carbons (Fsp3) is 0.458. The maximum atomic E-state index is 12.8. The number of nitriles is 1. The van der Waals surface area contributed by atoms with Crippen LogP contribution in [0.25, 0.3) is 16.0 Å². The molecule has 176 valence electrons. The Bertz CT molecular complexity index is 1450. The molecule has 1 aliphatic heterocycles. The van der Waals surface area contributed by atoms with Gasteiger partial charge in [0.25, 0.3) is 5.56 Å². The summed E-state index contributed by atoms with van der Waals surface area (Å²) < 4.78 is 3.40. The van der Waals surface area contributed by atoms with E-state index in [9.17, 15) is 4.79 Å². The van der Waals surface area contributed by atoms with E-state index in [2.05, 4.69) is 58.9 Å². The summed E-state index contributed by atoms with van der Waals surface area (Å²) in [6.45, 7) is 8.23. The number of piperazine rings is 1. The molecule has 1 saturated heterocycles. The van der Waals surface area contributed by atoms with E-state index in [0.29, 0.717) is 17.4 Å². The van der Waals surface area contributed by atoms with Crippen LogP contribution < -0.4 is 10.5 Å². The second-order valence-electron chi connectivity index (χ2n) is 8.99. The van der Waals surface area contributed by atoms with Crippen LogP contribution in [-0.4, -0.2) is 54.2 Å². The number of hydrogen-bond acceptors (Lipinski definition) is 8. The number of pyridine rings is 1. The van der Waals surface area contributed by atoms with E-state index in [1.807, 2.05) is 16.1 Å². The second-order valence-corrected chi connectivity index (χ2v) is 9.82. The Morgan fingerprint density at radius 3 is 2.88 bits per heavy atom. The fourth-order valence-corrected chi connectivity index (χ4v) is 5.64. The highest BCUT2D eigenvalue weighted by Gasteiger charge is 2.35. The van der Waals surface area contributed by atoms with Crippen LogP contribution in [0.3, 0.4) is 0 Å². The van der Waals surface area contributed by atoms with Gasteiger partial charge in [0.1, 0.15) is 16.3 Å². The van der Waals surface area contributed by atoms with Gasteiger partial charge in [0.05, 0.1) is 34.9 Å². The average Bonchev–Trinajstić information content (AvgIpc) is 3.48. The molecule has 0 radical (unpaired) electrons. The Morgan fingerprint density at radius 1 is 1.29 bits per heavy atom. The zero-order valence-corrected chi connectivity index (χ0v) is 20.7. The zero-order chi connectivity index (χ0) is 24.0. The van der Waals surface area contributed by atoms with Gasteiger partial charge in [-0.1, -0.05) is 6.92 Å². The molecule has 0 aromatic carbocycles.